The van der Waals surface area contributed by atoms with E-state index >= 15 is 0 Å². The molecule has 2 aromatic carbocycles. The molecule has 0 saturated carbocycles. The molecule has 0 bridgehead atoms. The number of rotatable bonds is 6. The van der Waals surface area contributed by atoms with Gasteiger partial charge in [-0.15, -0.1) is 0 Å². The molecular formula is C20H18N2O5. The van der Waals surface area contributed by atoms with Gasteiger partial charge in [-0.3, -0.25) is 4.79 Å². The van der Waals surface area contributed by atoms with Crippen molar-refractivity contribution in [2.24, 2.45) is 5.10 Å². The highest BCUT2D eigenvalue weighted by molar-refractivity contribution is 5.83. The summed E-state index contributed by atoms with van der Waals surface area (Å²) in [5.41, 5.74) is 4.01. The fourth-order valence-electron chi connectivity index (χ4n) is 2.44. The Morgan fingerprint density at radius 2 is 1.89 bits per heavy atom. The lowest BCUT2D eigenvalue weighted by Crippen LogP contribution is -2.24. The van der Waals surface area contributed by atoms with Crippen molar-refractivity contribution in [1.82, 2.24) is 5.43 Å². The van der Waals surface area contributed by atoms with Crippen LogP contribution in [0, 0.1) is 6.92 Å². The summed E-state index contributed by atoms with van der Waals surface area (Å²) in [7, 11) is 1.59. The van der Waals surface area contributed by atoms with E-state index in [-0.39, 0.29) is 6.61 Å². The molecule has 0 saturated heterocycles. The van der Waals surface area contributed by atoms with E-state index in [4.69, 9.17) is 13.9 Å². The molecule has 0 aliphatic heterocycles. The van der Waals surface area contributed by atoms with Crippen LogP contribution in [0.15, 0.2) is 62.8 Å². The summed E-state index contributed by atoms with van der Waals surface area (Å²) in [4.78, 5) is 23.3. The van der Waals surface area contributed by atoms with Gasteiger partial charge in [0.2, 0.25) is 0 Å². The zero-order valence-electron chi connectivity index (χ0n) is 14.9. The SMILES string of the molecule is COc1ccc(/C=N/NC(=O)COc2ccc3c(C)cc(=O)oc3c2)cc1. The van der Waals surface area contributed by atoms with Crippen LogP contribution >= 0.6 is 0 Å². The van der Waals surface area contributed by atoms with Gasteiger partial charge in [-0.2, -0.15) is 5.10 Å². The third-order valence-electron chi connectivity index (χ3n) is 3.81. The first-order chi connectivity index (χ1) is 13.0. The van der Waals surface area contributed by atoms with Crippen LogP contribution in [-0.4, -0.2) is 25.8 Å². The van der Waals surface area contributed by atoms with Crippen molar-refractivity contribution in [3.8, 4) is 11.5 Å². The van der Waals surface area contributed by atoms with Gasteiger partial charge in [0.1, 0.15) is 17.1 Å². The molecule has 1 amide bonds. The molecule has 0 spiro atoms. The smallest absolute Gasteiger partial charge is 0.336 e. The predicted octanol–water partition coefficient (Wildman–Crippen LogP) is 2.64. The van der Waals surface area contributed by atoms with Crippen molar-refractivity contribution in [2.45, 2.75) is 6.92 Å². The Labute approximate surface area is 155 Å². The summed E-state index contributed by atoms with van der Waals surface area (Å²) in [6.45, 7) is 1.61. The van der Waals surface area contributed by atoms with Gasteiger partial charge >= 0.3 is 5.63 Å². The number of aryl methyl sites for hydroxylation is 1. The van der Waals surface area contributed by atoms with Crippen LogP contribution in [0.2, 0.25) is 0 Å². The van der Waals surface area contributed by atoms with Crippen molar-refractivity contribution < 1.29 is 18.7 Å². The average molecular weight is 366 g/mol. The fraction of sp³-hybridized carbons (Fsp3) is 0.150. The number of nitrogens with zero attached hydrogens (tertiary/aromatic N) is 1. The minimum absolute atomic E-state index is 0.221. The molecule has 0 aliphatic rings. The third-order valence-corrected chi connectivity index (χ3v) is 3.81. The molecule has 138 valence electrons. The van der Waals surface area contributed by atoms with E-state index in [0.29, 0.717) is 11.3 Å². The van der Waals surface area contributed by atoms with E-state index in [1.807, 2.05) is 19.1 Å². The minimum atomic E-state index is -0.428. The van der Waals surface area contributed by atoms with Crippen LogP contribution in [0.3, 0.4) is 0 Å². The molecule has 0 radical (unpaired) electrons. The summed E-state index contributed by atoms with van der Waals surface area (Å²) in [6.07, 6.45) is 1.52. The summed E-state index contributed by atoms with van der Waals surface area (Å²) in [5.74, 6) is 0.752. The molecule has 7 heteroatoms. The number of hydrogen-bond donors (Lipinski definition) is 1. The highest BCUT2D eigenvalue weighted by atomic mass is 16.5. The number of carbonyl (C=O) groups is 1. The molecule has 1 heterocycles. The summed E-state index contributed by atoms with van der Waals surface area (Å²) in [5, 5.41) is 4.69. The van der Waals surface area contributed by atoms with Crippen LogP contribution < -0.4 is 20.5 Å². The normalized spacial score (nSPS) is 10.9. The number of amides is 1. The van der Waals surface area contributed by atoms with E-state index in [0.717, 1.165) is 22.3 Å². The first kappa shape index (κ1) is 18.2. The van der Waals surface area contributed by atoms with Crippen LogP contribution in [-0.2, 0) is 4.79 Å². The molecule has 0 atom stereocenters. The highest BCUT2D eigenvalue weighted by Crippen LogP contribution is 2.22. The van der Waals surface area contributed by atoms with Crippen molar-refractivity contribution in [1.29, 1.82) is 0 Å². The first-order valence-corrected chi connectivity index (χ1v) is 8.18. The number of fused-ring (bicyclic) bond motifs is 1. The summed E-state index contributed by atoms with van der Waals surface area (Å²) < 4.78 is 15.6. The second kappa shape index (κ2) is 8.18. The van der Waals surface area contributed by atoms with E-state index in [1.54, 1.807) is 37.4 Å². The van der Waals surface area contributed by atoms with Gasteiger partial charge < -0.3 is 13.9 Å². The number of hydrazone groups is 1. The maximum atomic E-state index is 11.8. The molecule has 3 aromatic rings. The van der Waals surface area contributed by atoms with Gasteiger partial charge in [0.25, 0.3) is 5.91 Å². The van der Waals surface area contributed by atoms with Crippen LogP contribution in [0.25, 0.3) is 11.0 Å². The minimum Gasteiger partial charge on any atom is -0.497 e. The second-order valence-corrected chi connectivity index (χ2v) is 5.76. The van der Waals surface area contributed by atoms with Crippen LogP contribution in [0.5, 0.6) is 11.5 Å². The van der Waals surface area contributed by atoms with Crippen LogP contribution in [0.4, 0.5) is 0 Å². The molecule has 0 aliphatic carbocycles. The van der Waals surface area contributed by atoms with E-state index < -0.39 is 11.5 Å². The van der Waals surface area contributed by atoms with E-state index in [9.17, 15) is 9.59 Å². The Hall–Kier alpha value is -3.61. The van der Waals surface area contributed by atoms with E-state index in [1.165, 1.54) is 12.3 Å². The monoisotopic (exact) mass is 366 g/mol. The number of carbonyl (C=O) groups excluding carboxylic acids is 1. The van der Waals surface area contributed by atoms with Crippen molar-refractivity contribution in [2.75, 3.05) is 13.7 Å². The van der Waals surface area contributed by atoms with Gasteiger partial charge in [0, 0.05) is 17.5 Å². The van der Waals surface area contributed by atoms with Crippen molar-refractivity contribution >= 4 is 23.1 Å². The lowest BCUT2D eigenvalue weighted by Gasteiger charge is -2.06. The van der Waals surface area contributed by atoms with Gasteiger partial charge in [-0.05, 0) is 54.4 Å². The average Bonchev–Trinajstić information content (AvgIpc) is 2.66. The number of nitrogens with one attached hydrogen (secondary N) is 1. The molecule has 27 heavy (non-hydrogen) atoms. The Kier molecular flexibility index (Phi) is 5.51. The zero-order valence-corrected chi connectivity index (χ0v) is 14.9. The maximum Gasteiger partial charge on any atom is 0.336 e. The van der Waals surface area contributed by atoms with Gasteiger partial charge in [0.15, 0.2) is 6.61 Å². The molecular weight excluding hydrogens is 348 g/mol. The van der Waals surface area contributed by atoms with E-state index in [2.05, 4.69) is 10.5 Å². The predicted molar refractivity (Wildman–Crippen MR) is 101 cm³/mol. The molecule has 0 unspecified atom stereocenters. The molecule has 1 N–H and O–H groups in total. The number of methoxy groups -OCH3 is 1. The molecule has 0 fully saturated rings. The Morgan fingerprint density at radius 1 is 1.15 bits per heavy atom. The standard InChI is InChI=1S/C20H18N2O5/c1-13-9-20(24)27-18-10-16(7-8-17(13)18)26-12-19(23)22-21-11-14-3-5-15(25-2)6-4-14/h3-11H,12H2,1-2H3,(H,22,23)/b21-11+. The largest absolute Gasteiger partial charge is 0.497 e. The lowest BCUT2D eigenvalue weighted by molar-refractivity contribution is -0.123. The number of benzene rings is 2. The van der Waals surface area contributed by atoms with Gasteiger partial charge in [0.05, 0.1) is 13.3 Å². The number of hydrogen-bond acceptors (Lipinski definition) is 6. The third kappa shape index (κ3) is 4.72. The first-order valence-electron chi connectivity index (χ1n) is 8.18. The highest BCUT2D eigenvalue weighted by Gasteiger charge is 2.06. The number of ether oxygens (including phenoxy) is 2. The summed E-state index contributed by atoms with van der Waals surface area (Å²) in [6, 6.07) is 13.7. The fourth-order valence-corrected chi connectivity index (χ4v) is 2.44. The van der Waals surface area contributed by atoms with Gasteiger partial charge in [-0.1, -0.05) is 0 Å². The molecule has 3 rings (SSSR count). The Morgan fingerprint density at radius 3 is 2.63 bits per heavy atom. The maximum absolute atomic E-state index is 11.8. The molecule has 1 aromatic heterocycles. The van der Waals surface area contributed by atoms with Crippen molar-refractivity contribution in [3.05, 3.63) is 70.1 Å². The zero-order chi connectivity index (χ0) is 19.2. The second-order valence-electron chi connectivity index (χ2n) is 5.76. The van der Waals surface area contributed by atoms with Crippen molar-refractivity contribution in [3.63, 3.8) is 0 Å². The quantitative estimate of drug-likeness (QED) is 0.411. The van der Waals surface area contributed by atoms with Crippen LogP contribution in [0.1, 0.15) is 11.1 Å². The lowest BCUT2D eigenvalue weighted by atomic mass is 10.1. The molecule has 7 nitrogen and oxygen atoms in total. The Balaban J connectivity index is 1.56. The Bertz CT molecular complexity index is 1040. The van der Waals surface area contributed by atoms with Gasteiger partial charge in [-0.25, -0.2) is 10.2 Å². The summed E-state index contributed by atoms with van der Waals surface area (Å²) >= 11 is 0. The topological polar surface area (TPSA) is 90.1 Å².